The molecule has 0 spiro atoms. The molecule has 5 heteroatoms. The molecule has 0 aliphatic carbocycles. The lowest BCUT2D eigenvalue weighted by atomic mass is 9.81. The van der Waals surface area contributed by atoms with Gasteiger partial charge in [0.05, 0.1) is 28.1 Å². The Balaban J connectivity index is 0.945. The van der Waals surface area contributed by atoms with E-state index in [1.165, 1.54) is 50.2 Å². The third kappa shape index (κ3) is 10.1. The first-order chi connectivity index (χ1) is 40.0. The van der Waals surface area contributed by atoms with Gasteiger partial charge in [0.25, 0.3) is 0 Å². The number of rotatable bonds is 10. The minimum Gasteiger partial charge on any atom is -0.457 e. The van der Waals surface area contributed by atoms with Gasteiger partial charge in [-0.05, 0) is 115 Å². The zero-order valence-electron chi connectivity index (χ0n) is 49.1. The Hall–Kier alpha value is -9.45. The average Bonchev–Trinajstić information content (AvgIpc) is 2.12. The minimum atomic E-state index is -0.187. The fourth-order valence-electron chi connectivity index (χ4n) is 12.1. The summed E-state index contributed by atoms with van der Waals surface area (Å²) >= 11 is 0. The Morgan fingerprint density at radius 2 is 0.880 bits per heavy atom. The SMILES string of the molecule is CC(C)(C)c1ccc(-c2cnc(-n3c4ccc(-c5ccccc5)cc4c4cc(-c5ccccc5)c(Oc5cccc(N6CN(c7c(-c8ccccc8)cccc7-c7ccc(C(C)(C)C)cc7)c7ccccc76)c5)cc43)cc2C(C)(C)C)cc1. The number of ether oxygens (including phenoxy) is 1. The minimum absolute atomic E-state index is 0.0460. The van der Waals surface area contributed by atoms with E-state index in [-0.39, 0.29) is 16.2 Å². The van der Waals surface area contributed by atoms with Crippen LogP contribution >= 0.6 is 0 Å². The van der Waals surface area contributed by atoms with E-state index in [4.69, 9.17) is 9.72 Å². The van der Waals surface area contributed by atoms with Crippen molar-refractivity contribution in [2.75, 3.05) is 16.5 Å². The van der Waals surface area contributed by atoms with Crippen molar-refractivity contribution in [3.63, 3.8) is 0 Å². The Labute approximate surface area is 489 Å². The van der Waals surface area contributed by atoms with Gasteiger partial charge in [0.2, 0.25) is 0 Å². The molecule has 1 aliphatic heterocycles. The normalized spacial score (nSPS) is 12.8. The number of nitrogens with zero attached hydrogens (tertiary/aromatic N) is 4. The summed E-state index contributed by atoms with van der Waals surface area (Å²) in [5, 5.41) is 2.26. The average molecular weight is 1080 g/mol. The highest BCUT2D eigenvalue weighted by molar-refractivity contribution is 6.12. The molecule has 0 bridgehead atoms. The first kappa shape index (κ1) is 52.9. The Morgan fingerprint density at radius 3 is 1.47 bits per heavy atom. The zero-order chi connectivity index (χ0) is 57.2. The molecule has 0 saturated carbocycles. The van der Waals surface area contributed by atoms with E-state index in [1.807, 2.05) is 0 Å². The van der Waals surface area contributed by atoms with Crippen LogP contribution in [-0.4, -0.2) is 16.2 Å². The molecule has 0 amide bonds. The van der Waals surface area contributed by atoms with Gasteiger partial charge in [-0.3, -0.25) is 4.57 Å². The van der Waals surface area contributed by atoms with E-state index >= 15 is 0 Å². The van der Waals surface area contributed by atoms with E-state index in [1.54, 1.807) is 0 Å². The van der Waals surface area contributed by atoms with Gasteiger partial charge in [0.15, 0.2) is 0 Å². The van der Waals surface area contributed by atoms with Gasteiger partial charge < -0.3 is 14.5 Å². The van der Waals surface area contributed by atoms with E-state index in [2.05, 4.69) is 326 Å². The van der Waals surface area contributed by atoms with Crippen LogP contribution in [-0.2, 0) is 16.2 Å². The number of benzene rings is 10. The zero-order valence-corrected chi connectivity index (χ0v) is 49.1. The van der Waals surface area contributed by atoms with E-state index in [9.17, 15) is 0 Å². The molecule has 0 fully saturated rings. The van der Waals surface area contributed by atoms with Gasteiger partial charge in [-0.1, -0.05) is 244 Å². The largest absolute Gasteiger partial charge is 0.457 e. The van der Waals surface area contributed by atoms with Crippen molar-refractivity contribution in [2.24, 2.45) is 0 Å². The second-order valence-corrected chi connectivity index (χ2v) is 25.3. The second-order valence-electron chi connectivity index (χ2n) is 25.3. The number of aromatic nitrogens is 2. The lowest BCUT2D eigenvalue weighted by Gasteiger charge is -2.27. The van der Waals surface area contributed by atoms with Gasteiger partial charge >= 0.3 is 0 Å². The molecule has 83 heavy (non-hydrogen) atoms. The van der Waals surface area contributed by atoms with Crippen LogP contribution in [0.5, 0.6) is 11.5 Å². The van der Waals surface area contributed by atoms with Crippen molar-refractivity contribution in [1.29, 1.82) is 0 Å². The molecule has 0 saturated heterocycles. The molecule has 408 valence electrons. The van der Waals surface area contributed by atoms with Crippen molar-refractivity contribution >= 4 is 44.6 Å². The van der Waals surface area contributed by atoms with Gasteiger partial charge in [0, 0.05) is 57.0 Å². The van der Waals surface area contributed by atoms with Gasteiger partial charge in [-0.15, -0.1) is 0 Å². The molecule has 13 rings (SSSR count). The lowest BCUT2D eigenvalue weighted by molar-refractivity contribution is 0.485. The summed E-state index contributed by atoms with van der Waals surface area (Å²) in [6, 6.07) is 88.2. The Morgan fingerprint density at radius 1 is 0.373 bits per heavy atom. The summed E-state index contributed by atoms with van der Waals surface area (Å²) in [6.45, 7) is 21.1. The fourth-order valence-corrected chi connectivity index (χ4v) is 12.1. The summed E-state index contributed by atoms with van der Waals surface area (Å²) in [7, 11) is 0. The fraction of sp³-hybridized carbons (Fsp3) is 0.167. The van der Waals surface area contributed by atoms with Crippen LogP contribution in [0.15, 0.2) is 249 Å². The maximum atomic E-state index is 7.35. The molecule has 5 nitrogen and oxygen atoms in total. The number of fused-ring (bicyclic) bond motifs is 4. The third-order valence-corrected chi connectivity index (χ3v) is 16.6. The van der Waals surface area contributed by atoms with Crippen molar-refractivity contribution in [3.8, 4) is 73.0 Å². The Kier molecular flexibility index (Phi) is 13.3. The molecule has 0 N–H and O–H groups in total. The molecule has 1 aliphatic rings. The number of hydrogen-bond acceptors (Lipinski definition) is 4. The highest BCUT2D eigenvalue weighted by Crippen LogP contribution is 2.51. The predicted molar refractivity (Wildman–Crippen MR) is 350 cm³/mol. The van der Waals surface area contributed by atoms with Crippen molar-refractivity contribution in [1.82, 2.24) is 9.55 Å². The molecule has 3 heterocycles. The van der Waals surface area contributed by atoms with Gasteiger partial charge in [-0.25, -0.2) is 4.98 Å². The van der Waals surface area contributed by atoms with Crippen LogP contribution in [0, 0.1) is 0 Å². The topological polar surface area (TPSA) is 33.5 Å². The van der Waals surface area contributed by atoms with E-state index in [0.717, 1.165) is 84.0 Å². The molecular formula is C78H70N4O. The monoisotopic (exact) mass is 1080 g/mol. The highest BCUT2D eigenvalue weighted by Gasteiger charge is 2.32. The van der Waals surface area contributed by atoms with Crippen molar-refractivity contribution in [2.45, 2.75) is 78.6 Å². The summed E-state index contributed by atoms with van der Waals surface area (Å²) < 4.78 is 9.70. The quantitative estimate of drug-likeness (QED) is 0.137. The highest BCUT2D eigenvalue weighted by atomic mass is 16.5. The number of pyridine rings is 1. The van der Waals surface area contributed by atoms with Crippen LogP contribution in [0.4, 0.5) is 22.7 Å². The summed E-state index contributed by atoms with van der Waals surface area (Å²) in [4.78, 5) is 10.3. The smallest absolute Gasteiger partial charge is 0.137 e. The standard InChI is InChI=1S/C78H70N4O/c1-76(2,3)58-40-35-55(36-41-58)63-32-22-31-62(53-25-15-11-16-26-53)75(63)81-51-80(70-33-19-20-34-71(70)81)60-29-21-30-61(46-60)83-73-49-72-66(47-64(73)54-27-17-12-18-28-54)65-45-57(52-23-13-10-14-24-52)39-44-69(65)82(72)74-48-68(78(7,8)9)67(50-79-74)56-37-42-59(43-38-56)77(4,5)6/h10-50H,51H2,1-9H3. The van der Waals surface area contributed by atoms with Crippen LogP contribution in [0.1, 0.15) is 79.0 Å². The lowest BCUT2D eigenvalue weighted by Crippen LogP contribution is -2.25. The summed E-state index contributed by atoms with van der Waals surface area (Å²) in [6.07, 6.45) is 2.09. The van der Waals surface area contributed by atoms with Gasteiger partial charge in [-0.2, -0.15) is 0 Å². The van der Waals surface area contributed by atoms with Crippen LogP contribution in [0.2, 0.25) is 0 Å². The summed E-state index contributed by atoms with van der Waals surface area (Å²) in [5.41, 5.74) is 21.7. The number of hydrogen-bond donors (Lipinski definition) is 0. The molecule has 0 atom stereocenters. The Bertz CT molecular complexity index is 4350. The second kappa shape index (κ2) is 20.8. The first-order valence-electron chi connectivity index (χ1n) is 29.1. The maximum Gasteiger partial charge on any atom is 0.137 e. The molecule has 0 unspecified atom stereocenters. The van der Waals surface area contributed by atoms with Crippen LogP contribution in [0.25, 0.3) is 83.3 Å². The first-order valence-corrected chi connectivity index (χ1v) is 29.1. The van der Waals surface area contributed by atoms with Gasteiger partial charge in [0.1, 0.15) is 24.0 Å². The van der Waals surface area contributed by atoms with Crippen LogP contribution < -0.4 is 14.5 Å². The molecule has 10 aromatic carbocycles. The van der Waals surface area contributed by atoms with Crippen LogP contribution in [0.3, 0.4) is 0 Å². The van der Waals surface area contributed by atoms with E-state index < -0.39 is 0 Å². The van der Waals surface area contributed by atoms with Crippen molar-refractivity contribution < 1.29 is 4.74 Å². The predicted octanol–water partition coefficient (Wildman–Crippen LogP) is 21.4. The molecular weight excluding hydrogens is 1010 g/mol. The van der Waals surface area contributed by atoms with E-state index in [0.29, 0.717) is 6.67 Å². The van der Waals surface area contributed by atoms with Crippen molar-refractivity contribution in [3.05, 3.63) is 266 Å². The third-order valence-electron chi connectivity index (χ3n) is 16.6. The summed E-state index contributed by atoms with van der Waals surface area (Å²) in [5.74, 6) is 2.35. The number of anilines is 4. The molecule has 0 radical (unpaired) electrons. The molecule has 2 aromatic heterocycles. The maximum absolute atomic E-state index is 7.35. The number of para-hydroxylation sites is 3. The molecule has 12 aromatic rings.